The van der Waals surface area contributed by atoms with Gasteiger partial charge in [-0.05, 0) is 19.4 Å². The smallest absolute Gasteiger partial charge is 0.163 e. The lowest BCUT2D eigenvalue weighted by molar-refractivity contribution is -0.113. The van der Waals surface area contributed by atoms with Gasteiger partial charge in [-0.15, -0.1) is 0 Å². The highest BCUT2D eigenvalue weighted by molar-refractivity contribution is 6.11. The average molecular weight is 252 g/mol. The van der Waals surface area contributed by atoms with Gasteiger partial charge in [0.15, 0.2) is 5.78 Å². The maximum absolute atomic E-state index is 11.7. The van der Waals surface area contributed by atoms with E-state index in [4.69, 9.17) is 10.5 Å². The number of hydrogen-bond acceptors (Lipinski definition) is 4. The molecule has 0 saturated heterocycles. The summed E-state index contributed by atoms with van der Waals surface area (Å²) >= 11 is 0. The molecule has 0 amide bonds. The Labute approximate surface area is 111 Å². The van der Waals surface area contributed by atoms with Crippen molar-refractivity contribution in [1.82, 2.24) is 0 Å². The number of aliphatic hydroxyl groups is 1. The fourth-order valence-corrected chi connectivity index (χ4v) is 1.77. The molecule has 0 aliphatic heterocycles. The molecule has 0 aromatic heterocycles. The van der Waals surface area contributed by atoms with Gasteiger partial charge >= 0.3 is 0 Å². The lowest BCUT2D eigenvalue weighted by atomic mass is 9.91. The van der Waals surface area contributed by atoms with Gasteiger partial charge in [0.05, 0.1) is 5.57 Å². The van der Waals surface area contributed by atoms with Gasteiger partial charge in [-0.1, -0.05) is 30.3 Å². The topological polar surface area (TPSA) is 84.9 Å². The van der Waals surface area contributed by atoms with Crippen molar-refractivity contribution in [3.63, 3.8) is 0 Å². The van der Waals surface area contributed by atoms with E-state index in [0.717, 1.165) is 0 Å². The van der Waals surface area contributed by atoms with Crippen molar-refractivity contribution in [1.29, 1.82) is 10.5 Å². The van der Waals surface area contributed by atoms with E-state index in [1.165, 1.54) is 13.8 Å². The average Bonchev–Trinajstić information content (AvgIpc) is 2.39. The number of benzene rings is 1. The van der Waals surface area contributed by atoms with Gasteiger partial charge in [0.1, 0.15) is 23.5 Å². The Kier molecular flexibility index (Phi) is 4.62. The number of carbonyl (C=O) groups is 1. The summed E-state index contributed by atoms with van der Waals surface area (Å²) in [5.74, 6) is -0.615. The number of ketones is 1. The maximum atomic E-state index is 11.7. The predicted molar refractivity (Wildman–Crippen MR) is 70.6 cm³/mol. The third kappa shape index (κ3) is 3.08. The Morgan fingerprint density at radius 2 is 1.63 bits per heavy atom. The van der Waals surface area contributed by atoms with Crippen molar-refractivity contribution in [3.8, 4) is 12.1 Å². The summed E-state index contributed by atoms with van der Waals surface area (Å²) in [4.78, 5) is 11.7. The largest absolute Gasteiger partial charge is 0.512 e. The van der Waals surface area contributed by atoms with Crippen LogP contribution in [0.25, 0.3) is 5.57 Å². The Balaban J connectivity index is 3.72. The van der Waals surface area contributed by atoms with Gasteiger partial charge < -0.3 is 5.11 Å². The van der Waals surface area contributed by atoms with E-state index in [9.17, 15) is 9.90 Å². The Morgan fingerprint density at radius 3 is 2.00 bits per heavy atom. The summed E-state index contributed by atoms with van der Waals surface area (Å²) in [6.07, 6.45) is 0. The minimum Gasteiger partial charge on any atom is -0.512 e. The summed E-state index contributed by atoms with van der Waals surface area (Å²) in [6.45, 7) is 2.64. The summed E-state index contributed by atoms with van der Waals surface area (Å²) in [5.41, 5.74) is 0.492. The molecule has 0 heterocycles. The molecule has 1 rings (SSSR count). The summed E-state index contributed by atoms with van der Waals surface area (Å²) in [7, 11) is 0. The van der Waals surface area contributed by atoms with E-state index in [-0.39, 0.29) is 22.5 Å². The van der Waals surface area contributed by atoms with Crippen LogP contribution in [0.15, 0.2) is 47.2 Å². The first-order valence-electron chi connectivity index (χ1n) is 5.54. The zero-order chi connectivity index (χ0) is 14.4. The van der Waals surface area contributed by atoms with Crippen LogP contribution >= 0.6 is 0 Å². The van der Waals surface area contributed by atoms with Gasteiger partial charge in [0, 0.05) is 5.57 Å². The number of rotatable bonds is 3. The van der Waals surface area contributed by atoms with Crippen molar-refractivity contribution >= 4 is 11.4 Å². The number of nitriles is 2. The highest BCUT2D eigenvalue weighted by atomic mass is 16.3. The summed E-state index contributed by atoms with van der Waals surface area (Å²) < 4.78 is 0. The van der Waals surface area contributed by atoms with E-state index in [2.05, 4.69) is 0 Å². The van der Waals surface area contributed by atoms with Crippen molar-refractivity contribution < 1.29 is 9.90 Å². The molecule has 4 nitrogen and oxygen atoms in total. The van der Waals surface area contributed by atoms with Crippen LogP contribution in [-0.4, -0.2) is 10.9 Å². The molecular weight excluding hydrogens is 240 g/mol. The van der Waals surface area contributed by atoms with E-state index in [1.807, 2.05) is 0 Å². The molecule has 94 valence electrons. The number of nitrogens with zero attached hydrogens (tertiary/aromatic N) is 2. The molecule has 0 bridgehead atoms. The van der Waals surface area contributed by atoms with Crippen molar-refractivity contribution in [2.45, 2.75) is 13.8 Å². The van der Waals surface area contributed by atoms with Gasteiger partial charge in [0.2, 0.25) is 0 Å². The zero-order valence-corrected chi connectivity index (χ0v) is 10.6. The molecule has 0 aliphatic carbocycles. The van der Waals surface area contributed by atoms with Gasteiger partial charge in [-0.2, -0.15) is 10.5 Å². The van der Waals surface area contributed by atoms with Crippen LogP contribution in [-0.2, 0) is 4.79 Å². The summed E-state index contributed by atoms with van der Waals surface area (Å²) in [5, 5.41) is 27.7. The second-order valence-corrected chi connectivity index (χ2v) is 3.86. The molecule has 0 fully saturated rings. The molecule has 0 spiro atoms. The minimum absolute atomic E-state index is 0.00991. The van der Waals surface area contributed by atoms with Crippen molar-refractivity contribution in [2.75, 3.05) is 0 Å². The maximum Gasteiger partial charge on any atom is 0.163 e. The monoisotopic (exact) mass is 252 g/mol. The Morgan fingerprint density at radius 1 is 1.11 bits per heavy atom. The molecule has 0 radical (unpaired) electrons. The normalized spacial score (nSPS) is 10.7. The number of allylic oxidation sites excluding steroid dienone is 4. The lowest BCUT2D eigenvalue weighted by Gasteiger charge is -2.11. The Hall–Kier alpha value is -2.85. The first-order valence-corrected chi connectivity index (χ1v) is 5.54. The van der Waals surface area contributed by atoms with Crippen LogP contribution in [0.2, 0.25) is 0 Å². The Bertz CT molecular complexity index is 621. The molecule has 0 saturated carbocycles. The highest BCUT2D eigenvalue weighted by Gasteiger charge is 2.20. The van der Waals surface area contributed by atoms with Crippen LogP contribution in [0.3, 0.4) is 0 Å². The fraction of sp³-hybridized carbons (Fsp3) is 0.133. The standard InChI is InChI=1S/C15H12N2O2/c1-10(18)14(11(2)19)15(13(8-16)9-17)12-6-4-3-5-7-12/h3-7,18H,1-2H3/b14-10+. The molecule has 1 aromatic carbocycles. The third-order valence-corrected chi connectivity index (χ3v) is 2.50. The van der Waals surface area contributed by atoms with Crippen LogP contribution in [0, 0.1) is 22.7 Å². The van der Waals surface area contributed by atoms with Crippen LogP contribution in [0.1, 0.15) is 19.4 Å². The van der Waals surface area contributed by atoms with Crippen LogP contribution in [0.4, 0.5) is 0 Å². The molecular formula is C15H12N2O2. The zero-order valence-electron chi connectivity index (χ0n) is 10.6. The third-order valence-electron chi connectivity index (χ3n) is 2.50. The molecule has 0 atom stereocenters. The fourth-order valence-electron chi connectivity index (χ4n) is 1.77. The van der Waals surface area contributed by atoms with Gasteiger partial charge in [-0.3, -0.25) is 4.79 Å². The molecule has 4 heteroatoms. The number of hydrogen-bond donors (Lipinski definition) is 1. The van der Waals surface area contributed by atoms with Gasteiger partial charge in [0.25, 0.3) is 0 Å². The molecule has 1 N–H and O–H groups in total. The highest BCUT2D eigenvalue weighted by Crippen LogP contribution is 2.28. The number of aliphatic hydroxyl groups excluding tert-OH is 1. The quantitative estimate of drug-likeness (QED) is 0.388. The second kappa shape index (κ2) is 6.18. The molecule has 1 aromatic rings. The molecule has 19 heavy (non-hydrogen) atoms. The van der Waals surface area contributed by atoms with Gasteiger partial charge in [-0.25, -0.2) is 0 Å². The SMILES string of the molecule is CC(=O)/C(C(=C(C#N)C#N)c1ccccc1)=C(/C)O. The minimum atomic E-state index is -0.401. The van der Waals surface area contributed by atoms with Crippen LogP contribution in [0.5, 0.6) is 0 Å². The van der Waals surface area contributed by atoms with Crippen molar-refractivity contribution in [3.05, 3.63) is 52.8 Å². The van der Waals surface area contributed by atoms with Crippen molar-refractivity contribution in [2.24, 2.45) is 0 Å². The van der Waals surface area contributed by atoms with Crippen LogP contribution < -0.4 is 0 Å². The van der Waals surface area contributed by atoms with E-state index in [1.54, 1.807) is 42.5 Å². The predicted octanol–water partition coefficient (Wildman–Crippen LogP) is 2.91. The first-order chi connectivity index (χ1) is 9.02. The second-order valence-electron chi connectivity index (χ2n) is 3.86. The summed E-state index contributed by atoms with van der Waals surface area (Å²) in [6, 6.07) is 12.1. The van der Waals surface area contributed by atoms with E-state index in [0.29, 0.717) is 5.56 Å². The first kappa shape index (κ1) is 14.2. The lowest BCUT2D eigenvalue weighted by Crippen LogP contribution is -2.05. The van der Waals surface area contributed by atoms with E-state index < -0.39 is 5.78 Å². The molecule has 0 unspecified atom stereocenters. The number of Topliss-reactive ketones (excluding diaryl/α,β-unsaturated/α-hetero) is 1. The van der Waals surface area contributed by atoms with E-state index >= 15 is 0 Å². The molecule has 0 aliphatic rings. The number of carbonyl (C=O) groups excluding carboxylic acids is 1.